The van der Waals surface area contributed by atoms with E-state index in [0.717, 1.165) is 22.4 Å². The second-order valence-electron chi connectivity index (χ2n) is 6.46. The Bertz CT molecular complexity index is 937. The molecule has 0 aliphatic carbocycles. The van der Waals surface area contributed by atoms with Gasteiger partial charge in [-0.25, -0.2) is 9.37 Å². The van der Waals surface area contributed by atoms with Gasteiger partial charge in [0.2, 0.25) is 5.91 Å². The molecule has 0 unspecified atom stereocenters. The lowest BCUT2D eigenvalue weighted by atomic mass is 10.1. The molecule has 7 heteroatoms. The molecule has 3 aromatic rings. The van der Waals surface area contributed by atoms with Crippen molar-refractivity contribution >= 4 is 16.9 Å². The van der Waals surface area contributed by atoms with Crippen LogP contribution in [0, 0.1) is 5.82 Å². The summed E-state index contributed by atoms with van der Waals surface area (Å²) in [6.07, 6.45) is 1.37. The first kappa shape index (κ1) is 17.5. The van der Waals surface area contributed by atoms with E-state index in [9.17, 15) is 9.18 Å². The number of ether oxygens (including phenoxy) is 2. The Balaban J connectivity index is 1.29. The third-order valence-electron chi connectivity index (χ3n) is 4.50. The largest absolute Gasteiger partial charge is 0.467 e. The molecule has 1 aliphatic heterocycles. The molecule has 0 bridgehead atoms. The van der Waals surface area contributed by atoms with Gasteiger partial charge in [0.15, 0.2) is 6.79 Å². The number of rotatable bonds is 6. The number of carbonyl (C=O) groups is 1. The van der Waals surface area contributed by atoms with Crippen LogP contribution in [-0.2, 0) is 29.0 Å². The molecule has 4 rings (SSSR count). The van der Waals surface area contributed by atoms with E-state index in [2.05, 4.69) is 15.3 Å². The first-order chi connectivity index (χ1) is 13.2. The fraction of sp³-hybridized carbons (Fsp3) is 0.300. The van der Waals surface area contributed by atoms with Crippen LogP contribution < -0.4 is 10.1 Å². The van der Waals surface area contributed by atoms with Gasteiger partial charge >= 0.3 is 0 Å². The number of hydrogen-bond acceptors (Lipinski definition) is 4. The first-order valence-corrected chi connectivity index (χ1v) is 8.91. The minimum absolute atomic E-state index is 0.0648. The van der Waals surface area contributed by atoms with Crippen LogP contribution in [0.5, 0.6) is 5.75 Å². The molecule has 0 atom stereocenters. The number of aromatic nitrogens is 2. The monoisotopic (exact) mass is 369 g/mol. The summed E-state index contributed by atoms with van der Waals surface area (Å²) in [6, 6.07) is 10.6. The van der Waals surface area contributed by atoms with Gasteiger partial charge in [-0.05, 0) is 36.2 Å². The Hall–Kier alpha value is -2.93. The molecule has 1 aliphatic rings. The lowest BCUT2D eigenvalue weighted by Gasteiger charge is -2.21. The molecule has 2 aromatic carbocycles. The van der Waals surface area contributed by atoms with Gasteiger partial charge in [-0.1, -0.05) is 12.1 Å². The molecule has 0 radical (unpaired) electrons. The number of aryl methyl sites for hydroxylation is 1. The Morgan fingerprint density at radius 1 is 1.26 bits per heavy atom. The summed E-state index contributed by atoms with van der Waals surface area (Å²) in [4.78, 5) is 19.8. The number of fused-ring (bicyclic) bond motifs is 2. The van der Waals surface area contributed by atoms with Crippen LogP contribution in [0.25, 0.3) is 11.0 Å². The number of nitrogens with one attached hydrogen (secondary N) is 2. The number of carbonyl (C=O) groups excluding carboxylic acids is 1. The van der Waals surface area contributed by atoms with Gasteiger partial charge in [-0.3, -0.25) is 4.79 Å². The second-order valence-corrected chi connectivity index (χ2v) is 6.46. The summed E-state index contributed by atoms with van der Waals surface area (Å²) in [6.45, 7) is 0.915. The van der Waals surface area contributed by atoms with Crippen molar-refractivity contribution in [2.24, 2.45) is 0 Å². The number of hydrogen-bond donors (Lipinski definition) is 2. The van der Waals surface area contributed by atoms with E-state index >= 15 is 0 Å². The molecule has 140 valence electrons. The van der Waals surface area contributed by atoms with Crippen LogP contribution in [0.3, 0.4) is 0 Å². The number of halogens is 1. The smallest absolute Gasteiger partial charge is 0.220 e. The maximum absolute atomic E-state index is 13.7. The van der Waals surface area contributed by atoms with Crippen LogP contribution in [0.15, 0.2) is 36.4 Å². The van der Waals surface area contributed by atoms with E-state index in [1.165, 1.54) is 12.1 Å². The van der Waals surface area contributed by atoms with Crippen LogP contribution in [0.1, 0.15) is 23.4 Å². The van der Waals surface area contributed by atoms with Gasteiger partial charge in [0.05, 0.1) is 17.6 Å². The summed E-state index contributed by atoms with van der Waals surface area (Å²) in [7, 11) is 0. The van der Waals surface area contributed by atoms with Gasteiger partial charge in [-0.15, -0.1) is 0 Å². The SMILES string of the molecule is O=C(CCc1nc2ccccc2[nH]1)NCCc1cc(F)cc2c1OCOC2. The number of para-hydroxylation sites is 2. The second kappa shape index (κ2) is 7.75. The summed E-state index contributed by atoms with van der Waals surface area (Å²) in [5.74, 6) is 1.07. The third-order valence-corrected chi connectivity index (χ3v) is 4.50. The van der Waals surface area contributed by atoms with Crippen LogP contribution in [-0.4, -0.2) is 29.2 Å². The van der Waals surface area contributed by atoms with Crippen molar-refractivity contribution < 1.29 is 18.7 Å². The number of H-pyrrole nitrogens is 1. The zero-order valence-electron chi connectivity index (χ0n) is 14.8. The van der Waals surface area contributed by atoms with Gasteiger partial charge in [0.25, 0.3) is 0 Å². The lowest BCUT2D eigenvalue weighted by molar-refractivity contribution is -0.121. The highest BCUT2D eigenvalue weighted by atomic mass is 19.1. The fourth-order valence-corrected chi connectivity index (χ4v) is 3.22. The minimum Gasteiger partial charge on any atom is -0.467 e. The van der Waals surface area contributed by atoms with E-state index in [0.29, 0.717) is 43.7 Å². The molecule has 0 spiro atoms. The minimum atomic E-state index is -0.325. The van der Waals surface area contributed by atoms with Crippen molar-refractivity contribution in [2.75, 3.05) is 13.3 Å². The standard InChI is InChI=1S/C20H20FN3O3/c21-15-9-13(20-14(10-15)11-26-12-27-20)7-8-22-19(25)6-5-18-23-16-3-1-2-4-17(16)24-18/h1-4,9-10H,5-8,11-12H2,(H,22,25)(H,23,24). The topological polar surface area (TPSA) is 76.2 Å². The van der Waals surface area contributed by atoms with Crippen molar-refractivity contribution in [1.29, 1.82) is 0 Å². The van der Waals surface area contributed by atoms with Crippen molar-refractivity contribution in [3.63, 3.8) is 0 Å². The van der Waals surface area contributed by atoms with Gasteiger partial charge in [0, 0.05) is 24.9 Å². The Kier molecular flexibility index (Phi) is 5.02. The lowest BCUT2D eigenvalue weighted by Crippen LogP contribution is -2.26. The number of imidazole rings is 1. The van der Waals surface area contributed by atoms with Crippen LogP contribution >= 0.6 is 0 Å². The van der Waals surface area contributed by atoms with Crippen molar-refractivity contribution in [2.45, 2.75) is 25.9 Å². The highest BCUT2D eigenvalue weighted by Gasteiger charge is 2.17. The Morgan fingerprint density at radius 3 is 3.04 bits per heavy atom. The van der Waals surface area contributed by atoms with Gasteiger partial charge in [0.1, 0.15) is 17.4 Å². The van der Waals surface area contributed by atoms with Crippen LogP contribution in [0.4, 0.5) is 4.39 Å². The summed E-state index contributed by atoms with van der Waals surface area (Å²) in [5, 5.41) is 2.87. The quantitative estimate of drug-likeness (QED) is 0.701. The molecule has 1 aromatic heterocycles. The number of benzene rings is 2. The number of amides is 1. The highest BCUT2D eigenvalue weighted by Crippen LogP contribution is 2.29. The van der Waals surface area contributed by atoms with Gasteiger partial charge in [-0.2, -0.15) is 0 Å². The van der Waals surface area contributed by atoms with E-state index < -0.39 is 0 Å². The third kappa shape index (κ3) is 4.09. The zero-order valence-corrected chi connectivity index (χ0v) is 14.8. The maximum Gasteiger partial charge on any atom is 0.220 e. The molecule has 2 N–H and O–H groups in total. The Morgan fingerprint density at radius 2 is 2.15 bits per heavy atom. The van der Waals surface area contributed by atoms with Crippen molar-refractivity contribution in [3.8, 4) is 5.75 Å². The first-order valence-electron chi connectivity index (χ1n) is 8.91. The molecule has 0 fully saturated rings. The van der Waals surface area contributed by atoms with E-state index in [4.69, 9.17) is 9.47 Å². The fourth-order valence-electron chi connectivity index (χ4n) is 3.22. The average molecular weight is 369 g/mol. The summed E-state index contributed by atoms with van der Waals surface area (Å²) >= 11 is 0. The van der Waals surface area contributed by atoms with Gasteiger partial charge < -0.3 is 19.8 Å². The normalized spacial score (nSPS) is 13.2. The molecule has 1 amide bonds. The van der Waals surface area contributed by atoms with E-state index in [-0.39, 0.29) is 18.5 Å². The summed E-state index contributed by atoms with van der Waals surface area (Å²) < 4.78 is 24.4. The molecule has 6 nitrogen and oxygen atoms in total. The summed E-state index contributed by atoms with van der Waals surface area (Å²) in [5.41, 5.74) is 3.30. The Labute approximate surface area is 155 Å². The van der Waals surface area contributed by atoms with Crippen LogP contribution in [0.2, 0.25) is 0 Å². The average Bonchev–Trinajstić information content (AvgIpc) is 3.09. The predicted molar refractivity (Wildman–Crippen MR) is 97.8 cm³/mol. The van der Waals surface area contributed by atoms with E-state index in [1.54, 1.807) is 0 Å². The molecular formula is C20H20FN3O3. The molecule has 0 saturated carbocycles. The molecule has 2 heterocycles. The van der Waals surface area contributed by atoms with E-state index in [1.807, 2.05) is 24.3 Å². The number of aromatic amines is 1. The molecular weight excluding hydrogens is 349 g/mol. The maximum atomic E-state index is 13.7. The highest BCUT2D eigenvalue weighted by molar-refractivity contribution is 5.77. The van der Waals surface area contributed by atoms with Crippen molar-refractivity contribution in [3.05, 3.63) is 59.2 Å². The molecule has 27 heavy (non-hydrogen) atoms. The number of nitrogens with zero attached hydrogens (tertiary/aromatic N) is 1. The predicted octanol–water partition coefficient (Wildman–Crippen LogP) is 2.86. The zero-order chi connectivity index (χ0) is 18.6. The van der Waals surface area contributed by atoms with Crippen molar-refractivity contribution in [1.82, 2.24) is 15.3 Å². The molecule has 0 saturated heterocycles.